The van der Waals surface area contributed by atoms with Crippen molar-refractivity contribution in [3.63, 3.8) is 0 Å². The van der Waals surface area contributed by atoms with Crippen molar-refractivity contribution in [2.45, 2.75) is 46.0 Å². The van der Waals surface area contributed by atoms with Gasteiger partial charge in [-0.05, 0) is 49.9 Å². The smallest absolute Gasteiger partial charge is 0.125 e. The Morgan fingerprint density at radius 3 is 2.26 bits per heavy atom. The van der Waals surface area contributed by atoms with E-state index in [9.17, 15) is 0 Å². The van der Waals surface area contributed by atoms with Crippen molar-refractivity contribution in [2.75, 3.05) is 11.9 Å². The van der Waals surface area contributed by atoms with Crippen LogP contribution in [-0.2, 0) is 0 Å². The van der Waals surface area contributed by atoms with Crippen LogP contribution in [0.15, 0.2) is 12.1 Å². The van der Waals surface area contributed by atoms with E-state index in [1.165, 1.54) is 32.1 Å². The van der Waals surface area contributed by atoms with Gasteiger partial charge in [-0.3, -0.25) is 0 Å². The summed E-state index contributed by atoms with van der Waals surface area (Å²) < 4.78 is 6.17. The second-order valence-corrected chi connectivity index (χ2v) is 6.85. The number of alkyl halides is 1. The van der Waals surface area contributed by atoms with Gasteiger partial charge in [0.05, 0.1) is 6.61 Å². The van der Waals surface area contributed by atoms with Gasteiger partial charge < -0.3 is 4.74 Å². The van der Waals surface area contributed by atoms with E-state index in [1.807, 2.05) is 12.1 Å². The van der Waals surface area contributed by atoms with Crippen molar-refractivity contribution < 1.29 is 4.74 Å². The molecule has 0 heterocycles. The Hall–Kier alpha value is -0.210. The van der Waals surface area contributed by atoms with E-state index in [4.69, 9.17) is 16.3 Å². The molecule has 1 nitrogen and oxygen atoms in total. The van der Waals surface area contributed by atoms with Crippen molar-refractivity contribution in [1.29, 1.82) is 0 Å². The number of halogens is 2. The average Bonchev–Trinajstić information content (AvgIpc) is 2.38. The fraction of sp³-hybridized carbons (Fsp3) is 0.625. The molecule has 0 aromatic heterocycles. The summed E-state index contributed by atoms with van der Waals surface area (Å²) in [5, 5.41) is 1.82. The molecular formula is C16H22BrClO. The van der Waals surface area contributed by atoms with Gasteiger partial charge in [0, 0.05) is 15.8 Å². The van der Waals surface area contributed by atoms with Crippen LogP contribution in [0.4, 0.5) is 0 Å². The topological polar surface area (TPSA) is 9.23 Å². The molecule has 0 amide bonds. The molecule has 106 valence electrons. The van der Waals surface area contributed by atoms with Gasteiger partial charge in [-0.2, -0.15) is 0 Å². The molecule has 0 unspecified atom stereocenters. The molecule has 19 heavy (non-hydrogen) atoms. The number of hydrogen-bond donors (Lipinski definition) is 0. The van der Waals surface area contributed by atoms with Crippen LogP contribution < -0.4 is 4.74 Å². The largest absolute Gasteiger partial charge is 0.492 e. The lowest BCUT2D eigenvalue weighted by Gasteiger charge is -2.35. The van der Waals surface area contributed by atoms with Crippen LogP contribution in [-0.4, -0.2) is 11.9 Å². The van der Waals surface area contributed by atoms with Crippen LogP contribution in [0.5, 0.6) is 5.75 Å². The first-order chi connectivity index (χ1) is 9.06. The van der Waals surface area contributed by atoms with Crippen LogP contribution in [0.1, 0.15) is 43.2 Å². The summed E-state index contributed by atoms with van der Waals surface area (Å²) in [5.41, 5.74) is 2.58. The third-order valence-corrected chi connectivity index (χ3v) is 5.55. The normalized spacial score (nSPS) is 18.3. The highest BCUT2D eigenvalue weighted by atomic mass is 79.9. The number of rotatable bonds is 4. The summed E-state index contributed by atoms with van der Waals surface area (Å²) in [4.78, 5) is 0. The predicted octanol–water partition coefficient (Wildman–Crippen LogP) is 5.68. The van der Waals surface area contributed by atoms with E-state index in [0.29, 0.717) is 5.41 Å². The molecule has 0 bridgehead atoms. The highest BCUT2D eigenvalue weighted by molar-refractivity contribution is 9.09. The maximum Gasteiger partial charge on any atom is 0.125 e. The third kappa shape index (κ3) is 3.66. The molecule has 0 radical (unpaired) electrons. The number of aryl methyl sites for hydroxylation is 2. The van der Waals surface area contributed by atoms with Crippen LogP contribution in [0, 0.1) is 19.3 Å². The quantitative estimate of drug-likeness (QED) is 0.638. The lowest BCUT2D eigenvalue weighted by atomic mass is 9.76. The highest BCUT2D eigenvalue weighted by Gasteiger charge is 2.32. The lowest BCUT2D eigenvalue weighted by Crippen LogP contribution is -2.33. The van der Waals surface area contributed by atoms with Gasteiger partial charge in [0.15, 0.2) is 0 Å². The first kappa shape index (κ1) is 15.2. The summed E-state index contributed by atoms with van der Waals surface area (Å²) in [6.07, 6.45) is 6.56. The lowest BCUT2D eigenvalue weighted by molar-refractivity contribution is 0.121. The van der Waals surface area contributed by atoms with Crippen molar-refractivity contribution in [2.24, 2.45) is 5.41 Å². The second-order valence-electron chi connectivity index (χ2n) is 5.85. The Morgan fingerprint density at radius 2 is 1.74 bits per heavy atom. The van der Waals surface area contributed by atoms with Crippen LogP contribution in [0.2, 0.25) is 5.02 Å². The summed E-state index contributed by atoms with van der Waals surface area (Å²) in [6.45, 7) is 4.94. The summed E-state index contributed by atoms with van der Waals surface area (Å²) in [6, 6.07) is 3.96. The molecule has 1 aliphatic rings. The Labute approximate surface area is 129 Å². The van der Waals surface area contributed by atoms with E-state index in [2.05, 4.69) is 29.8 Å². The Kier molecular flexibility index (Phi) is 5.19. The highest BCUT2D eigenvalue weighted by Crippen LogP contribution is 2.39. The van der Waals surface area contributed by atoms with E-state index < -0.39 is 0 Å². The van der Waals surface area contributed by atoms with Gasteiger partial charge in [-0.1, -0.05) is 46.8 Å². The molecule has 1 fully saturated rings. The van der Waals surface area contributed by atoms with Crippen LogP contribution in [0.25, 0.3) is 0 Å². The van der Waals surface area contributed by atoms with Gasteiger partial charge in [0.2, 0.25) is 0 Å². The van der Waals surface area contributed by atoms with Gasteiger partial charge >= 0.3 is 0 Å². The molecule has 1 saturated carbocycles. The molecule has 1 aromatic carbocycles. The first-order valence-corrected chi connectivity index (χ1v) is 8.52. The molecular weight excluding hydrogens is 324 g/mol. The van der Waals surface area contributed by atoms with E-state index in [-0.39, 0.29) is 0 Å². The first-order valence-electron chi connectivity index (χ1n) is 7.02. The summed E-state index contributed by atoms with van der Waals surface area (Å²) in [7, 11) is 0. The number of hydrogen-bond acceptors (Lipinski definition) is 1. The van der Waals surface area contributed by atoms with Crippen LogP contribution >= 0.6 is 27.5 Å². The molecule has 0 N–H and O–H groups in total. The molecule has 0 atom stereocenters. The van der Waals surface area contributed by atoms with Gasteiger partial charge in [-0.15, -0.1) is 0 Å². The Morgan fingerprint density at radius 1 is 1.16 bits per heavy atom. The van der Waals surface area contributed by atoms with Crippen molar-refractivity contribution in [1.82, 2.24) is 0 Å². The Balaban J connectivity index is 2.09. The van der Waals surface area contributed by atoms with Crippen molar-refractivity contribution in [3.8, 4) is 5.75 Å². The molecule has 1 aromatic rings. The number of benzene rings is 1. The maximum atomic E-state index is 6.17. The maximum absolute atomic E-state index is 6.17. The van der Waals surface area contributed by atoms with Crippen molar-refractivity contribution >= 4 is 27.5 Å². The predicted molar refractivity (Wildman–Crippen MR) is 85.7 cm³/mol. The Bertz CT molecular complexity index is 415. The standard InChI is InChI=1S/C16H22BrClO/c1-12-8-14(18)9-13(2)15(12)19-11-16(10-17)6-4-3-5-7-16/h8-9H,3-7,10-11H2,1-2H3. The SMILES string of the molecule is Cc1cc(Cl)cc(C)c1OCC1(CBr)CCCCC1. The third-order valence-electron chi connectivity index (χ3n) is 4.15. The molecule has 0 spiro atoms. The zero-order valence-corrected chi connectivity index (χ0v) is 14.1. The zero-order chi connectivity index (χ0) is 13.9. The van der Waals surface area contributed by atoms with Gasteiger partial charge in [-0.25, -0.2) is 0 Å². The zero-order valence-electron chi connectivity index (χ0n) is 11.8. The fourth-order valence-electron chi connectivity index (χ4n) is 2.97. The molecule has 2 rings (SSSR count). The minimum Gasteiger partial charge on any atom is -0.492 e. The molecule has 1 aliphatic carbocycles. The summed E-state index contributed by atoms with van der Waals surface area (Å²) in [5.74, 6) is 1.01. The number of ether oxygens (including phenoxy) is 1. The second kappa shape index (κ2) is 6.49. The summed E-state index contributed by atoms with van der Waals surface area (Å²) >= 11 is 9.75. The van der Waals surface area contributed by atoms with Crippen molar-refractivity contribution in [3.05, 3.63) is 28.3 Å². The van der Waals surface area contributed by atoms with Crippen LogP contribution in [0.3, 0.4) is 0 Å². The molecule has 3 heteroatoms. The average molecular weight is 346 g/mol. The van der Waals surface area contributed by atoms with Gasteiger partial charge in [0.25, 0.3) is 0 Å². The van der Waals surface area contributed by atoms with Gasteiger partial charge in [0.1, 0.15) is 5.75 Å². The van der Waals surface area contributed by atoms with E-state index in [0.717, 1.165) is 33.8 Å². The minimum absolute atomic E-state index is 0.316. The minimum atomic E-state index is 0.316. The fourth-order valence-corrected chi connectivity index (χ4v) is 4.02. The van der Waals surface area contributed by atoms with E-state index >= 15 is 0 Å². The molecule has 0 aliphatic heterocycles. The monoisotopic (exact) mass is 344 g/mol. The van der Waals surface area contributed by atoms with E-state index in [1.54, 1.807) is 0 Å². The molecule has 0 saturated heterocycles.